The van der Waals surface area contributed by atoms with E-state index in [9.17, 15) is 14.4 Å². The number of amides is 4. The summed E-state index contributed by atoms with van der Waals surface area (Å²) in [5, 5.41) is 5.50. The van der Waals surface area contributed by atoms with Gasteiger partial charge in [0.15, 0.2) is 0 Å². The van der Waals surface area contributed by atoms with Gasteiger partial charge in [0.25, 0.3) is 5.91 Å². The van der Waals surface area contributed by atoms with Crippen molar-refractivity contribution in [2.24, 2.45) is 0 Å². The van der Waals surface area contributed by atoms with Gasteiger partial charge in [0.2, 0.25) is 5.91 Å². The van der Waals surface area contributed by atoms with Crippen LogP contribution < -0.4 is 10.6 Å². The molecule has 1 saturated heterocycles. The van der Waals surface area contributed by atoms with Crippen molar-refractivity contribution in [2.75, 3.05) is 6.54 Å². The summed E-state index contributed by atoms with van der Waals surface area (Å²) in [4.78, 5) is 38.0. The van der Waals surface area contributed by atoms with E-state index in [2.05, 4.69) is 26.6 Å². The molecular weight excluding hydrogens is 374 g/mol. The van der Waals surface area contributed by atoms with Crippen LogP contribution in [0.2, 0.25) is 0 Å². The largest absolute Gasteiger partial charge is 0.352 e. The summed E-state index contributed by atoms with van der Waals surface area (Å²) in [6.45, 7) is 5.31. The third-order valence-electron chi connectivity index (χ3n) is 4.13. The van der Waals surface area contributed by atoms with E-state index in [4.69, 9.17) is 0 Å². The Morgan fingerprint density at radius 1 is 1.33 bits per heavy atom. The quantitative estimate of drug-likeness (QED) is 0.726. The second-order valence-corrected chi connectivity index (χ2v) is 7.13. The highest BCUT2D eigenvalue weighted by atomic mass is 79.9. The summed E-state index contributed by atoms with van der Waals surface area (Å²) in [6, 6.07) is 6.62. The SMILES string of the molecule is CCCC(C)NC(=O)CN1C(=O)NC(C)(c2ccc(Br)cc2)C1=O. The molecule has 7 heteroatoms. The van der Waals surface area contributed by atoms with E-state index in [-0.39, 0.29) is 18.5 Å². The highest BCUT2D eigenvalue weighted by molar-refractivity contribution is 9.10. The van der Waals surface area contributed by atoms with E-state index in [0.717, 1.165) is 22.2 Å². The van der Waals surface area contributed by atoms with Crippen molar-refractivity contribution in [1.29, 1.82) is 0 Å². The van der Waals surface area contributed by atoms with Crippen LogP contribution in [-0.4, -0.2) is 35.3 Å². The molecular formula is C17H22BrN3O3. The molecule has 1 aromatic rings. The maximum absolute atomic E-state index is 12.7. The van der Waals surface area contributed by atoms with Crippen LogP contribution in [0.15, 0.2) is 28.7 Å². The molecule has 1 heterocycles. The van der Waals surface area contributed by atoms with Crippen LogP contribution in [0.1, 0.15) is 39.2 Å². The van der Waals surface area contributed by atoms with Crippen molar-refractivity contribution in [1.82, 2.24) is 15.5 Å². The smallest absolute Gasteiger partial charge is 0.325 e. The van der Waals surface area contributed by atoms with Crippen LogP contribution in [0.5, 0.6) is 0 Å². The van der Waals surface area contributed by atoms with Crippen molar-refractivity contribution in [3.8, 4) is 0 Å². The number of benzene rings is 1. The van der Waals surface area contributed by atoms with Gasteiger partial charge in [-0.1, -0.05) is 41.4 Å². The third-order valence-corrected chi connectivity index (χ3v) is 4.66. The molecule has 1 aliphatic heterocycles. The molecule has 2 atom stereocenters. The number of hydrogen-bond acceptors (Lipinski definition) is 3. The topological polar surface area (TPSA) is 78.5 Å². The Bertz CT molecular complexity index is 647. The number of halogens is 1. The van der Waals surface area contributed by atoms with Gasteiger partial charge in [-0.15, -0.1) is 0 Å². The lowest BCUT2D eigenvalue weighted by molar-refractivity contribution is -0.135. The van der Waals surface area contributed by atoms with Crippen molar-refractivity contribution < 1.29 is 14.4 Å². The van der Waals surface area contributed by atoms with Gasteiger partial charge in [0, 0.05) is 10.5 Å². The predicted molar refractivity (Wildman–Crippen MR) is 94.3 cm³/mol. The Kier molecular flexibility index (Phi) is 5.64. The number of carbonyl (C=O) groups excluding carboxylic acids is 3. The van der Waals surface area contributed by atoms with Gasteiger partial charge in [-0.25, -0.2) is 4.79 Å². The molecule has 24 heavy (non-hydrogen) atoms. The lowest BCUT2D eigenvalue weighted by Crippen LogP contribution is -2.44. The van der Waals surface area contributed by atoms with Gasteiger partial charge < -0.3 is 10.6 Å². The minimum atomic E-state index is -1.16. The monoisotopic (exact) mass is 395 g/mol. The predicted octanol–water partition coefficient (Wildman–Crippen LogP) is 2.52. The molecule has 1 aliphatic rings. The van der Waals surface area contributed by atoms with Gasteiger partial charge in [-0.3, -0.25) is 14.5 Å². The molecule has 1 aromatic carbocycles. The molecule has 0 bridgehead atoms. The molecule has 130 valence electrons. The fourth-order valence-electron chi connectivity index (χ4n) is 2.79. The average Bonchev–Trinajstić information content (AvgIpc) is 2.72. The Balaban J connectivity index is 2.11. The highest BCUT2D eigenvalue weighted by Gasteiger charge is 2.49. The fourth-order valence-corrected chi connectivity index (χ4v) is 3.05. The van der Waals surface area contributed by atoms with Crippen molar-refractivity contribution in [2.45, 2.75) is 45.2 Å². The summed E-state index contributed by atoms with van der Waals surface area (Å²) >= 11 is 3.34. The molecule has 2 N–H and O–H groups in total. The standard InChI is InChI=1S/C17H22BrN3O3/c1-4-5-11(2)19-14(22)10-21-15(23)17(3,20-16(21)24)12-6-8-13(18)9-7-12/h6-9,11H,4-5,10H2,1-3H3,(H,19,22)(H,20,24). The Labute approximate surface area is 150 Å². The maximum atomic E-state index is 12.7. The second-order valence-electron chi connectivity index (χ2n) is 6.21. The first-order valence-corrected chi connectivity index (χ1v) is 8.76. The molecule has 0 aliphatic carbocycles. The van der Waals surface area contributed by atoms with Crippen molar-refractivity contribution in [3.63, 3.8) is 0 Å². The lowest BCUT2D eigenvalue weighted by Gasteiger charge is -2.22. The number of carbonyl (C=O) groups is 3. The minimum Gasteiger partial charge on any atom is -0.352 e. The first-order chi connectivity index (χ1) is 11.3. The van der Waals surface area contributed by atoms with Crippen LogP contribution in [-0.2, 0) is 15.1 Å². The van der Waals surface area contributed by atoms with E-state index in [1.165, 1.54) is 0 Å². The van der Waals surface area contributed by atoms with Crippen LogP contribution in [0.4, 0.5) is 4.79 Å². The summed E-state index contributed by atoms with van der Waals surface area (Å²) in [5.74, 6) is -0.757. The molecule has 6 nitrogen and oxygen atoms in total. The number of rotatable bonds is 6. The molecule has 1 fully saturated rings. The summed E-state index contributed by atoms with van der Waals surface area (Å²) < 4.78 is 0.882. The Morgan fingerprint density at radius 2 is 1.96 bits per heavy atom. The molecule has 0 aromatic heterocycles. The van der Waals surface area contributed by atoms with Gasteiger partial charge in [-0.05, 0) is 38.0 Å². The molecule has 2 rings (SSSR count). The zero-order chi connectivity index (χ0) is 17.9. The van der Waals surface area contributed by atoms with Gasteiger partial charge in [0.05, 0.1) is 0 Å². The van der Waals surface area contributed by atoms with Crippen molar-refractivity contribution in [3.05, 3.63) is 34.3 Å². The summed E-state index contributed by atoms with van der Waals surface area (Å²) in [7, 11) is 0. The molecule has 0 spiro atoms. The van der Waals surface area contributed by atoms with E-state index in [1.54, 1.807) is 19.1 Å². The number of hydrogen-bond donors (Lipinski definition) is 2. The zero-order valence-electron chi connectivity index (χ0n) is 14.1. The van der Waals surface area contributed by atoms with Gasteiger partial charge in [0.1, 0.15) is 12.1 Å². The lowest BCUT2D eigenvalue weighted by atomic mass is 9.92. The second kappa shape index (κ2) is 7.34. The van der Waals surface area contributed by atoms with Crippen LogP contribution in [0.3, 0.4) is 0 Å². The fraction of sp³-hybridized carbons (Fsp3) is 0.471. The Hall–Kier alpha value is -1.89. The van der Waals surface area contributed by atoms with Crippen molar-refractivity contribution >= 4 is 33.8 Å². The Morgan fingerprint density at radius 3 is 2.54 bits per heavy atom. The third kappa shape index (κ3) is 3.77. The number of nitrogens with zero attached hydrogens (tertiary/aromatic N) is 1. The first kappa shape index (κ1) is 18.4. The zero-order valence-corrected chi connectivity index (χ0v) is 15.6. The normalized spacial score (nSPS) is 21.6. The maximum Gasteiger partial charge on any atom is 0.325 e. The van der Waals surface area contributed by atoms with Crippen LogP contribution in [0, 0.1) is 0 Å². The molecule has 0 radical (unpaired) electrons. The van der Waals surface area contributed by atoms with Gasteiger partial charge in [-0.2, -0.15) is 0 Å². The minimum absolute atomic E-state index is 0.0149. The molecule has 2 unspecified atom stereocenters. The summed E-state index contributed by atoms with van der Waals surface area (Å²) in [5.41, 5.74) is -0.487. The van der Waals surface area contributed by atoms with Crippen LogP contribution >= 0.6 is 15.9 Å². The number of nitrogens with one attached hydrogen (secondary N) is 2. The molecule has 4 amide bonds. The highest BCUT2D eigenvalue weighted by Crippen LogP contribution is 2.29. The van der Waals surface area contributed by atoms with E-state index in [0.29, 0.717) is 5.56 Å². The van der Waals surface area contributed by atoms with Gasteiger partial charge >= 0.3 is 6.03 Å². The van der Waals surface area contributed by atoms with E-state index < -0.39 is 17.5 Å². The van der Waals surface area contributed by atoms with Crippen LogP contribution in [0.25, 0.3) is 0 Å². The first-order valence-electron chi connectivity index (χ1n) is 7.97. The average molecular weight is 396 g/mol. The summed E-state index contributed by atoms with van der Waals surface area (Å²) in [6.07, 6.45) is 1.80. The number of urea groups is 1. The number of imide groups is 1. The molecule has 0 saturated carbocycles. The van der Waals surface area contributed by atoms with E-state index >= 15 is 0 Å². The van der Waals surface area contributed by atoms with E-state index in [1.807, 2.05) is 26.0 Å².